The van der Waals surface area contributed by atoms with E-state index >= 15 is 0 Å². The smallest absolute Gasteiger partial charge is 0.228 e. The number of carbonyl (C=O) groups is 2. The van der Waals surface area contributed by atoms with Crippen LogP contribution in [0, 0.1) is 0 Å². The fourth-order valence-electron chi connectivity index (χ4n) is 3.78. The summed E-state index contributed by atoms with van der Waals surface area (Å²) >= 11 is 0. The van der Waals surface area contributed by atoms with Crippen molar-refractivity contribution in [2.75, 3.05) is 26.1 Å². The highest BCUT2D eigenvalue weighted by molar-refractivity contribution is 6.01. The second kappa shape index (κ2) is 6.81. The average molecular weight is 332 g/mol. The molecule has 0 spiro atoms. The molecule has 130 valence electrons. The summed E-state index contributed by atoms with van der Waals surface area (Å²) in [6.07, 6.45) is 4.14. The van der Waals surface area contributed by atoms with Crippen LogP contribution in [-0.4, -0.2) is 38.2 Å². The predicted octanol–water partition coefficient (Wildman–Crippen LogP) is 2.20. The van der Waals surface area contributed by atoms with Gasteiger partial charge in [0.1, 0.15) is 5.75 Å². The monoisotopic (exact) mass is 332 g/mol. The Morgan fingerprint density at radius 3 is 2.75 bits per heavy atom. The standard InChI is InChI=1S/C18H24N2O4/c1-23-11-18(7-3-4-8-18)20-17(22)14-10-16(21)19-15-6-5-12(24-2)9-13(14)15/h5-6,9,14H,3-4,7-8,10-11H2,1-2H3,(H,19,21)(H,20,22)/t14-/m1/s1. The fourth-order valence-corrected chi connectivity index (χ4v) is 3.78. The average Bonchev–Trinajstić information content (AvgIpc) is 3.02. The van der Waals surface area contributed by atoms with E-state index < -0.39 is 5.92 Å². The zero-order chi connectivity index (χ0) is 17.2. The second-order valence-corrected chi connectivity index (χ2v) is 6.67. The van der Waals surface area contributed by atoms with E-state index in [0.29, 0.717) is 18.0 Å². The molecule has 2 aliphatic rings. The Bertz CT molecular complexity index is 638. The van der Waals surface area contributed by atoms with E-state index in [9.17, 15) is 9.59 Å². The van der Waals surface area contributed by atoms with Crippen molar-refractivity contribution in [3.05, 3.63) is 23.8 Å². The number of hydrogen-bond acceptors (Lipinski definition) is 4. The molecule has 0 saturated heterocycles. The largest absolute Gasteiger partial charge is 0.497 e. The van der Waals surface area contributed by atoms with E-state index in [1.165, 1.54) is 0 Å². The van der Waals surface area contributed by atoms with Crippen LogP contribution in [0.15, 0.2) is 18.2 Å². The topological polar surface area (TPSA) is 76.7 Å². The Balaban J connectivity index is 1.86. The molecule has 1 aliphatic carbocycles. The molecule has 1 atom stereocenters. The Hall–Kier alpha value is -2.08. The summed E-state index contributed by atoms with van der Waals surface area (Å²) in [5, 5.41) is 6.00. The molecule has 2 amide bonds. The lowest BCUT2D eigenvalue weighted by Gasteiger charge is -2.33. The summed E-state index contributed by atoms with van der Waals surface area (Å²) in [7, 11) is 3.24. The lowest BCUT2D eigenvalue weighted by Crippen LogP contribution is -2.51. The SMILES string of the molecule is COCC1(NC(=O)[C@@H]2CC(=O)Nc3ccc(OC)cc32)CCCC1. The van der Waals surface area contributed by atoms with Gasteiger partial charge in [0.2, 0.25) is 11.8 Å². The molecule has 0 bridgehead atoms. The number of benzene rings is 1. The summed E-state index contributed by atoms with van der Waals surface area (Å²) in [5.41, 5.74) is 1.18. The van der Waals surface area contributed by atoms with E-state index in [4.69, 9.17) is 9.47 Å². The molecule has 1 aliphatic heterocycles. The van der Waals surface area contributed by atoms with Gasteiger partial charge in [0, 0.05) is 19.2 Å². The number of anilines is 1. The van der Waals surface area contributed by atoms with Gasteiger partial charge in [-0.2, -0.15) is 0 Å². The van der Waals surface area contributed by atoms with Crippen molar-refractivity contribution in [1.29, 1.82) is 0 Å². The molecule has 0 aromatic heterocycles. The molecule has 1 saturated carbocycles. The molecule has 1 aromatic rings. The van der Waals surface area contributed by atoms with Crippen LogP contribution in [0.5, 0.6) is 5.75 Å². The number of carbonyl (C=O) groups excluding carboxylic acids is 2. The minimum Gasteiger partial charge on any atom is -0.497 e. The van der Waals surface area contributed by atoms with E-state index in [0.717, 1.165) is 31.2 Å². The molecule has 2 N–H and O–H groups in total. The van der Waals surface area contributed by atoms with Gasteiger partial charge in [-0.05, 0) is 36.6 Å². The second-order valence-electron chi connectivity index (χ2n) is 6.67. The zero-order valence-electron chi connectivity index (χ0n) is 14.2. The van der Waals surface area contributed by atoms with E-state index in [-0.39, 0.29) is 23.8 Å². The van der Waals surface area contributed by atoms with Crippen LogP contribution in [-0.2, 0) is 14.3 Å². The van der Waals surface area contributed by atoms with Crippen molar-refractivity contribution >= 4 is 17.5 Å². The van der Waals surface area contributed by atoms with Crippen LogP contribution < -0.4 is 15.4 Å². The van der Waals surface area contributed by atoms with Gasteiger partial charge >= 0.3 is 0 Å². The number of fused-ring (bicyclic) bond motifs is 1. The fraction of sp³-hybridized carbons (Fsp3) is 0.556. The maximum absolute atomic E-state index is 13.0. The van der Waals surface area contributed by atoms with E-state index in [1.54, 1.807) is 26.4 Å². The molecule has 0 radical (unpaired) electrons. The Labute approximate surface area is 141 Å². The summed E-state index contributed by atoms with van der Waals surface area (Å²) in [5.74, 6) is -0.0771. The lowest BCUT2D eigenvalue weighted by molar-refractivity contribution is -0.128. The van der Waals surface area contributed by atoms with Gasteiger partial charge < -0.3 is 20.1 Å². The number of ether oxygens (including phenoxy) is 2. The third-order valence-electron chi connectivity index (χ3n) is 4.98. The van der Waals surface area contributed by atoms with Gasteiger partial charge in [-0.25, -0.2) is 0 Å². The summed E-state index contributed by atoms with van der Waals surface area (Å²) < 4.78 is 10.6. The maximum Gasteiger partial charge on any atom is 0.228 e. The maximum atomic E-state index is 13.0. The molecule has 3 rings (SSSR count). The van der Waals surface area contributed by atoms with Crippen molar-refractivity contribution in [2.24, 2.45) is 0 Å². The van der Waals surface area contributed by atoms with Crippen LogP contribution in [0.25, 0.3) is 0 Å². The minimum atomic E-state index is -0.502. The van der Waals surface area contributed by atoms with Gasteiger partial charge in [0.15, 0.2) is 0 Å². The third kappa shape index (κ3) is 3.24. The van der Waals surface area contributed by atoms with Crippen LogP contribution in [0.3, 0.4) is 0 Å². The predicted molar refractivity (Wildman–Crippen MR) is 90.2 cm³/mol. The number of hydrogen-bond donors (Lipinski definition) is 2. The number of methoxy groups -OCH3 is 2. The molecule has 0 unspecified atom stereocenters. The highest BCUT2D eigenvalue weighted by Gasteiger charge is 2.39. The summed E-state index contributed by atoms with van der Waals surface area (Å²) in [6.45, 7) is 0.503. The highest BCUT2D eigenvalue weighted by Crippen LogP contribution is 2.37. The van der Waals surface area contributed by atoms with Crippen LogP contribution in [0.2, 0.25) is 0 Å². The zero-order valence-corrected chi connectivity index (χ0v) is 14.2. The van der Waals surface area contributed by atoms with Crippen LogP contribution >= 0.6 is 0 Å². The van der Waals surface area contributed by atoms with Gasteiger partial charge in [-0.3, -0.25) is 9.59 Å². The first-order valence-electron chi connectivity index (χ1n) is 8.36. The van der Waals surface area contributed by atoms with E-state index in [1.807, 2.05) is 6.07 Å². The van der Waals surface area contributed by atoms with Crippen molar-refractivity contribution in [3.63, 3.8) is 0 Å². The van der Waals surface area contributed by atoms with Gasteiger partial charge in [0.05, 0.1) is 25.2 Å². The third-order valence-corrected chi connectivity index (χ3v) is 4.98. The molecule has 1 fully saturated rings. The van der Waals surface area contributed by atoms with Crippen molar-refractivity contribution < 1.29 is 19.1 Å². The van der Waals surface area contributed by atoms with Crippen LogP contribution in [0.4, 0.5) is 5.69 Å². The molecule has 6 nitrogen and oxygen atoms in total. The minimum absolute atomic E-state index is 0.113. The first-order chi connectivity index (χ1) is 11.6. The number of amides is 2. The lowest BCUT2D eigenvalue weighted by atomic mass is 9.88. The van der Waals surface area contributed by atoms with Crippen molar-refractivity contribution in [3.8, 4) is 5.75 Å². The Kier molecular flexibility index (Phi) is 4.76. The quantitative estimate of drug-likeness (QED) is 0.866. The van der Waals surface area contributed by atoms with Crippen LogP contribution in [0.1, 0.15) is 43.6 Å². The molecular weight excluding hydrogens is 308 g/mol. The highest BCUT2D eigenvalue weighted by atomic mass is 16.5. The van der Waals surface area contributed by atoms with Gasteiger partial charge in [-0.15, -0.1) is 0 Å². The summed E-state index contributed by atoms with van der Waals surface area (Å²) in [6, 6.07) is 5.39. The molecule has 1 heterocycles. The molecular formula is C18H24N2O4. The van der Waals surface area contributed by atoms with Gasteiger partial charge in [0.25, 0.3) is 0 Å². The molecule has 1 aromatic carbocycles. The Morgan fingerprint density at radius 2 is 2.08 bits per heavy atom. The molecule has 24 heavy (non-hydrogen) atoms. The first-order valence-corrected chi connectivity index (χ1v) is 8.36. The summed E-state index contributed by atoms with van der Waals surface area (Å²) in [4.78, 5) is 24.9. The van der Waals surface area contributed by atoms with Crippen molar-refractivity contribution in [2.45, 2.75) is 43.6 Å². The first kappa shape index (κ1) is 16.8. The van der Waals surface area contributed by atoms with Gasteiger partial charge in [-0.1, -0.05) is 12.8 Å². The molecule has 6 heteroatoms. The van der Waals surface area contributed by atoms with Crippen molar-refractivity contribution in [1.82, 2.24) is 5.32 Å². The number of rotatable bonds is 5. The number of nitrogens with one attached hydrogen (secondary N) is 2. The normalized spacial score (nSPS) is 21.8. The Morgan fingerprint density at radius 1 is 1.33 bits per heavy atom. The van der Waals surface area contributed by atoms with E-state index in [2.05, 4.69) is 10.6 Å².